The Bertz CT molecular complexity index is 539. The van der Waals surface area contributed by atoms with Crippen LogP contribution in [-0.4, -0.2) is 9.55 Å². The summed E-state index contributed by atoms with van der Waals surface area (Å²) in [5.41, 5.74) is -0.319. The van der Waals surface area contributed by atoms with Crippen molar-refractivity contribution >= 4 is 11.6 Å². The molecule has 0 aliphatic heterocycles. The normalized spacial score (nSPS) is 10.3. The van der Waals surface area contributed by atoms with Gasteiger partial charge in [0.2, 0.25) is 11.1 Å². The molecule has 5 heteroatoms. The highest BCUT2D eigenvalue weighted by atomic mass is 35.5. The van der Waals surface area contributed by atoms with Gasteiger partial charge >= 0.3 is 0 Å². The molecule has 0 fully saturated rings. The van der Waals surface area contributed by atoms with Gasteiger partial charge in [0.15, 0.2) is 0 Å². The number of aromatic nitrogens is 2. The van der Waals surface area contributed by atoms with Crippen LogP contribution < -0.4 is 5.56 Å². The molecule has 0 amide bonds. The Kier molecular flexibility index (Phi) is 2.51. The Morgan fingerprint density at radius 2 is 1.93 bits per heavy atom. The van der Waals surface area contributed by atoms with Crippen molar-refractivity contribution in [3.05, 3.63) is 58.0 Å². The molecule has 0 spiro atoms. The van der Waals surface area contributed by atoms with Gasteiger partial charge in [0.25, 0.3) is 5.56 Å². The first-order valence-corrected chi connectivity index (χ1v) is 4.56. The monoisotopic (exact) mass is 224 g/mol. The zero-order chi connectivity index (χ0) is 10.8. The van der Waals surface area contributed by atoms with Gasteiger partial charge in [-0.3, -0.25) is 4.79 Å². The molecule has 0 saturated heterocycles. The predicted octanol–water partition coefficient (Wildman–Crippen LogP) is 2.02. The molecule has 15 heavy (non-hydrogen) atoms. The molecule has 76 valence electrons. The summed E-state index contributed by atoms with van der Waals surface area (Å²) in [5.74, 6) is -0.928. The van der Waals surface area contributed by atoms with Crippen LogP contribution in [0.3, 0.4) is 0 Å². The second-order valence-corrected chi connectivity index (χ2v) is 3.19. The van der Waals surface area contributed by atoms with E-state index in [1.165, 1.54) is 0 Å². The van der Waals surface area contributed by atoms with Crippen LogP contribution in [0.2, 0.25) is 5.28 Å². The molecule has 1 aromatic carbocycles. The van der Waals surface area contributed by atoms with Gasteiger partial charge in [0.1, 0.15) is 0 Å². The SMILES string of the molecule is O=c1c(F)cnc(Cl)n1-c1ccccc1. The van der Waals surface area contributed by atoms with Crippen molar-refractivity contribution in [1.82, 2.24) is 9.55 Å². The van der Waals surface area contributed by atoms with Crippen molar-refractivity contribution in [2.24, 2.45) is 0 Å². The topological polar surface area (TPSA) is 34.9 Å². The van der Waals surface area contributed by atoms with E-state index in [2.05, 4.69) is 4.98 Å². The van der Waals surface area contributed by atoms with E-state index < -0.39 is 11.4 Å². The van der Waals surface area contributed by atoms with Crippen LogP contribution in [0.25, 0.3) is 5.69 Å². The highest BCUT2D eigenvalue weighted by Crippen LogP contribution is 2.10. The van der Waals surface area contributed by atoms with E-state index >= 15 is 0 Å². The van der Waals surface area contributed by atoms with E-state index in [1.807, 2.05) is 0 Å². The van der Waals surface area contributed by atoms with E-state index in [1.54, 1.807) is 30.3 Å². The maximum atomic E-state index is 13.0. The maximum absolute atomic E-state index is 13.0. The van der Waals surface area contributed by atoms with Crippen LogP contribution >= 0.6 is 11.6 Å². The Morgan fingerprint density at radius 3 is 2.60 bits per heavy atom. The minimum Gasteiger partial charge on any atom is -0.265 e. The third-order valence-electron chi connectivity index (χ3n) is 1.89. The molecule has 1 aromatic heterocycles. The predicted molar refractivity (Wildman–Crippen MR) is 54.8 cm³/mol. The van der Waals surface area contributed by atoms with E-state index in [0.717, 1.165) is 10.8 Å². The highest BCUT2D eigenvalue weighted by Gasteiger charge is 2.09. The van der Waals surface area contributed by atoms with Crippen LogP contribution in [-0.2, 0) is 0 Å². The van der Waals surface area contributed by atoms with Crippen molar-refractivity contribution in [3.8, 4) is 5.69 Å². The van der Waals surface area contributed by atoms with Gasteiger partial charge in [0.05, 0.1) is 11.9 Å². The number of para-hydroxylation sites is 1. The van der Waals surface area contributed by atoms with Crippen LogP contribution in [0.15, 0.2) is 41.3 Å². The molecule has 2 rings (SSSR count). The lowest BCUT2D eigenvalue weighted by Gasteiger charge is -2.06. The van der Waals surface area contributed by atoms with Crippen LogP contribution in [0.4, 0.5) is 4.39 Å². The number of hydrogen-bond acceptors (Lipinski definition) is 2. The first-order valence-electron chi connectivity index (χ1n) is 4.18. The van der Waals surface area contributed by atoms with Crippen molar-refractivity contribution in [1.29, 1.82) is 0 Å². The quantitative estimate of drug-likeness (QED) is 0.695. The molecule has 0 aliphatic rings. The Labute approximate surface area is 89.8 Å². The van der Waals surface area contributed by atoms with Crippen molar-refractivity contribution in [2.45, 2.75) is 0 Å². The summed E-state index contributed by atoms with van der Waals surface area (Å²) in [6.45, 7) is 0. The minimum absolute atomic E-state index is 0.0624. The Balaban J connectivity index is 2.73. The van der Waals surface area contributed by atoms with Gasteiger partial charge in [-0.05, 0) is 23.7 Å². The standard InChI is InChI=1S/C10H6ClFN2O/c11-10-13-6-8(12)9(15)14(10)7-4-2-1-3-5-7/h1-6H. The maximum Gasteiger partial charge on any atom is 0.295 e. The summed E-state index contributed by atoms with van der Waals surface area (Å²) in [5, 5.41) is -0.0624. The van der Waals surface area contributed by atoms with Crippen LogP contribution in [0, 0.1) is 5.82 Å². The van der Waals surface area contributed by atoms with Gasteiger partial charge in [-0.2, -0.15) is 4.39 Å². The molecule has 1 heterocycles. The Hall–Kier alpha value is -1.68. The molecule has 0 atom stereocenters. The zero-order valence-electron chi connectivity index (χ0n) is 7.52. The molecular formula is C10H6ClFN2O. The Morgan fingerprint density at radius 1 is 1.27 bits per heavy atom. The summed E-state index contributed by atoms with van der Waals surface area (Å²) in [4.78, 5) is 15.0. The van der Waals surface area contributed by atoms with Crippen molar-refractivity contribution < 1.29 is 4.39 Å². The smallest absolute Gasteiger partial charge is 0.265 e. The molecule has 0 bridgehead atoms. The molecule has 0 aliphatic carbocycles. The third-order valence-corrected chi connectivity index (χ3v) is 2.16. The fourth-order valence-electron chi connectivity index (χ4n) is 1.21. The first-order chi connectivity index (χ1) is 7.20. The lowest BCUT2D eigenvalue weighted by atomic mass is 10.3. The largest absolute Gasteiger partial charge is 0.295 e. The lowest BCUT2D eigenvalue weighted by Crippen LogP contribution is -2.22. The number of rotatable bonds is 1. The van der Waals surface area contributed by atoms with Crippen LogP contribution in [0.5, 0.6) is 0 Å². The summed E-state index contributed by atoms with van der Waals surface area (Å²) < 4.78 is 14.0. The van der Waals surface area contributed by atoms with E-state index in [4.69, 9.17) is 11.6 Å². The molecule has 0 unspecified atom stereocenters. The first kappa shape index (κ1) is 9.86. The van der Waals surface area contributed by atoms with E-state index in [9.17, 15) is 9.18 Å². The molecule has 0 saturated carbocycles. The van der Waals surface area contributed by atoms with Gasteiger partial charge in [0, 0.05) is 0 Å². The highest BCUT2D eigenvalue weighted by molar-refractivity contribution is 6.28. The van der Waals surface area contributed by atoms with Crippen molar-refractivity contribution in [2.75, 3.05) is 0 Å². The summed E-state index contributed by atoms with van der Waals surface area (Å²) in [6, 6.07) is 8.53. The average molecular weight is 225 g/mol. The number of hydrogen-bond donors (Lipinski definition) is 0. The lowest BCUT2D eigenvalue weighted by molar-refractivity contribution is 0.589. The summed E-state index contributed by atoms with van der Waals surface area (Å²) >= 11 is 5.72. The fraction of sp³-hybridized carbons (Fsp3) is 0. The summed E-state index contributed by atoms with van der Waals surface area (Å²) in [7, 11) is 0. The van der Waals surface area contributed by atoms with E-state index in [-0.39, 0.29) is 5.28 Å². The molecule has 0 radical (unpaired) electrons. The second kappa shape index (κ2) is 3.82. The summed E-state index contributed by atoms with van der Waals surface area (Å²) in [6.07, 6.45) is 0.810. The molecular weight excluding hydrogens is 219 g/mol. The zero-order valence-corrected chi connectivity index (χ0v) is 8.28. The third kappa shape index (κ3) is 1.76. The fourth-order valence-corrected chi connectivity index (χ4v) is 1.44. The minimum atomic E-state index is -0.928. The average Bonchev–Trinajstić information content (AvgIpc) is 2.26. The second-order valence-electron chi connectivity index (χ2n) is 2.85. The number of benzene rings is 1. The molecule has 3 nitrogen and oxygen atoms in total. The van der Waals surface area contributed by atoms with Crippen molar-refractivity contribution in [3.63, 3.8) is 0 Å². The van der Waals surface area contributed by atoms with E-state index in [0.29, 0.717) is 5.69 Å². The van der Waals surface area contributed by atoms with Crippen LogP contribution in [0.1, 0.15) is 0 Å². The van der Waals surface area contributed by atoms with Gasteiger partial charge < -0.3 is 0 Å². The van der Waals surface area contributed by atoms with Gasteiger partial charge in [-0.15, -0.1) is 0 Å². The van der Waals surface area contributed by atoms with Gasteiger partial charge in [-0.25, -0.2) is 9.55 Å². The number of nitrogens with zero attached hydrogens (tertiary/aromatic N) is 2. The molecule has 2 aromatic rings. The number of halogens is 2. The molecule has 0 N–H and O–H groups in total. The van der Waals surface area contributed by atoms with Gasteiger partial charge in [-0.1, -0.05) is 18.2 Å².